The third-order valence-corrected chi connectivity index (χ3v) is 5.15. The highest BCUT2D eigenvalue weighted by Gasteiger charge is 2.20. The first-order chi connectivity index (χ1) is 14.4. The van der Waals surface area contributed by atoms with Gasteiger partial charge in [-0.2, -0.15) is 0 Å². The normalized spacial score (nSPS) is 10.4. The Hall–Kier alpha value is -3.30. The predicted molar refractivity (Wildman–Crippen MR) is 110 cm³/mol. The highest BCUT2D eigenvalue weighted by atomic mass is 35.5. The summed E-state index contributed by atoms with van der Waals surface area (Å²) in [6, 6.07) is 14.2. The highest BCUT2D eigenvalue weighted by molar-refractivity contribution is 7.99. The second-order valence-electron chi connectivity index (χ2n) is 5.93. The van der Waals surface area contributed by atoms with Gasteiger partial charge in [-0.15, -0.1) is 0 Å². The third-order valence-electron chi connectivity index (χ3n) is 3.81. The van der Waals surface area contributed by atoms with Crippen LogP contribution in [0.2, 0.25) is 5.02 Å². The first kappa shape index (κ1) is 21.4. The molecule has 30 heavy (non-hydrogen) atoms. The summed E-state index contributed by atoms with van der Waals surface area (Å²) in [4.78, 5) is 36.2. The number of ether oxygens (including phenoxy) is 1. The molecule has 0 saturated heterocycles. The van der Waals surface area contributed by atoms with Crippen molar-refractivity contribution in [2.75, 3.05) is 6.61 Å². The van der Waals surface area contributed by atoms with Gasteiger partial charge >= 0.3 is 5.97 Å². The lowest BCUT2D eigenvalue weighted by molar-refractivity contribution is -0.384. The van der Waals surface area contributed by atoms with Crippen LogP contribution in [0.1, 0.15) is 16.1 Å². The van der Waals surface area contributed by atoms with Crippen LogP contribution in [0.15, 0.2) is 75.1 Å². The van der Waals surface area contributed by atoms with Gasteiger partial charge < -0.3 is 14.5 Å². The van der Waals surface area contributed by atoms with E-state index in [1.165, 1.54) is 30.2 Å². The van der Waals surface area contributed by atoms with Crippen LogP contribution in [-0.2, 0) is 16.1 Å². The van der Waals surface area contributed by atoms with Gasteiger partial charge in [-0.25, -0.2) is 4.79 Å². The number of hydrogen-bond donors (Lipinski definition) is 1. The number of nitrogens with zero attached hydrogens (tertiary/aromatic N) is 1. The molecule has 0 radical (unpaired) electrons. The molecule has 0 atom stereocenters. The minimum atomic E-state index is -0.844. The Kier molecular flexibility index (Phi) is 7.10. The van der Waals surface area contributed by atoms with Gasteiger partial charge in [-0.3, -0.25) is 14.9 Å². The molecule has 1 amide bonds. The van der Waals surface area contributed by atoms with E-state index in [1.807, 2.05) is 0 Å². The molecule has 1 aromatic heterocycles. The molecular weight excluding hydrogens is 432 g/mol. The van der Waals surface area contributed by atoms with Gasteiger partial charge in [-0.05, 0) is 42.5 Å². The summed E-state index contributed by atoms with van der Waals surface area (Å²) in [5.74, 6) is -0.824. The standard InChI is InChI=1S/C20H15ClN2O6S/c21-13-3-6-16(7-4-13)30-18-8-5-14(23(26)27)10-17(18)20(25)29-12-19(24)22-11-15-2-1-9-28-15/h1-10H,11-12H2,(H,22,24). The van der Waals surface area contributed by atoms with E-state index in [0.29, 0.717) is 15.7 Å². The Balaban J connectivity index is 1.70. The number of benzene rings is 2. The van der Waals surface area contributed by atoms with Crippen molar-refractivity contribution in [3.05, 3.63) is 87.3 Å². The van der Waals surface area contributed by atoms with Crippen molar-refractivity contribution in [2.24, 2.45) is 0 Å². The van der Waals surface area contributed by atoms with E-state index in [4.69, 9.17) is 20.8 Å². The quantitative estimate of drug-likeness (QED) is 0.308. The highest BCUT2D eigenvalue weighted by Crippen LogP contribution is 2.33. The maximum Gasteiger partial charge on any atom is 0.340 e. The number of nitro groups is 1. The fraction of sp³-hybridized carbons (Fsp3) is 0.100. The molecular formula is C20H15ClN2O6S. The molecule has 0 spiro atoms. The molecule has 10 heteroatoms. The maximum atomic E-state index is 12.5. The van der Waals surface area contributed by atoms with Crippen molar-refractivity contribution in [1.82, 2.24) is 5.32 Å². The molecule has 0 bridgehead atoms. The van der Waals surface area contributed by atoms with E-state index < -0.39 is 23.4 Å². The summed E-state index contributed by atoms with van der Waals surface area (Å²) < 4.78 is 10.2. The Morgan fingerprint density at radius 2 is 1.93 bits per heavy atom. The fourth-order valence-electron chi connectivity index (χ4n) is 2.37. The average Bonchev–Trinajstić information content (AvgIpc) is 3.26. The SMILES string of the molecule is O=C(COC(=O)c1cc([N+](=O)[O-])ccc1Sc1ccc(Cl)cc1)NCc1ccco1. The number of hydrogen-bond acceptors (Lipinski definition) is 7. The Labute approximate surface area is 180 Å². The topological polar surface area (TPSA) is 112 Å². The summed E-state index contributed by atoms with van der Waals surface area (Å²) >= 11 is 7.10. The van der Waals surface area contributed by atoms with Crippen LogP contribution < -0.4 is 5.32 Å². The Morgan fingerprint density at radius 3 is 2.60 bits per heavy atom. The monoisotopic (exact) mass is 446 g/mol. The van der Waals surface area contributed by atoms with E-state index >= 15 is 0 Å². The van der Waals surface area contributed by atoms with Crippen LogP contribution in [-0.4, -0.2) is 23.4 Å². The first-order valence-corrected chi connectivity index (χ1v) is 9.80. The molecule has 2 aromatic carbocycles. The van der Waals surface area contributed by atoms with Crippen LogP contribution >= 0.6 is 23.4 Å². The predicted octanol–water partition coefficient (Wildman–Crippen LogP) is 4.47. The van der Waals surface area contributed by atoms with E-state index in [1.54, 1.807) is 36.4 Å². The smallest absolute Gasteiger partial charge is 0.340 e. The number of halogens is 1. The summed E-state index contributed by atoms with van der Waals surface area (Å²) in [6.45, 7) is -0.384. The largest absolute Gasteiger partial charge is 0.467 e. The van der Waals surface area contributed by atoms with E-state index in [-0.39, 0.29) is 17.8 Å². The van der Waals surface area contributed by atoms with Gasteiger partial charge in [0, 0.05) is 26.9 Å². The molecule has 0 fully saturated rings. The van der Waals surface area contributed by atoms with E-state index in [0.717, 1.165) is 11.0 Å². The fourth-order valence-corrected chi connectivity index (χ4v) is 3.41. The second-order valence-corrected chi connectivity index (χ2v) is 7.48. The zero-order chi connectivity index (χ0) is 21.5. The van der Waals surface area contributed by atoms with Crippen molar-refractivity contribution in [1.29, 1.82) is 0 Å². The van der Waals surface area contributed by atoms with Gasteiger partial charge in [-0.1, -0.05) is 23.4 Å². The number of carbonyl (C=O) groups excluding carboxylic acids is 2. The molecule has 154 valence electrons. The minimum absolute atomic E-state index is 0.0111. The number of rotatable bonds is 8. The molecule has 1 heterocycles. The van der Waals surface area contributed by atoms with Crippen LogP contribution in [0.5, 0.6) is 0 Å². The van der Waals surface area contributed by atoms with Gasteiger partial charge in [0.2, 0.25) is 0 Å². The van der Waals surface area contributed by atoms with Crippen molar-refractivity contribution in [3.63, 3.8) is 0 Å². The molecule has 3 aromatic rings. The van der Waals surface area contributed by atoms with Crippen molar-refractivity contribution in [3.8, 4) is 0 Å². The second kappa shape index (κ2) is 9.95. The number of non-ortho nitro benzene ring substituents is 1. The summed E-state index contributed by atoms with van der Waals surface area (Å²) in [7, 11) is 0. The van der Waals surface area contributed by atoms with Gasteiger partial charge in [0.25, 0.3) is 11.6 Å². The molecule has 0 saturated carbocycles. The van der Waals surface area contributed by atoms with Crippen molar-refractivity contribution >= 4 is 40.9 Å². The average molecular weight is 447 g/mol. The van der Waals surface area contributed by atoms with Crippen LogP contribution in [0.4, 0.5) is 5.69 Å². The zero-order valence-corrected chi connectivity index (χ0v) is 16.9. The minimum Gasteiger partial charge on any atom is -0.467 e. The molecule has 0 aliphatic rings. The lowest BCUT2D eigenvalue weighted by Crippen LogP contribution is -2.28. The zero-order valence-electron chi connectivity index (χ0n) is 15.4. The van der Waals surface area contributed by atoms with E-state index in [9.17, 15) is 19.7 Å². The van der Waals surface area contributed by atoms with Crippen molar-refractivity contribution < 1.29 is 23.7 Å². The number of furan rings is 1. The van der Waals surface area contributed by atoms with Gasteiger partial charge in [0.1, 0.15) is 5.76 Å². The van der Waals surface area contributed by atoms with E-state index in [2.05, 4.69) is 5.32 Å². The Morgan fingerprint density at radius 1 is 1.17 bits per heavy atom. The third kappa shape index (κ3) is 5.85. The van der Waals surface area contributed by atoms with Crippen LogP contribution in [0.25, 0.3) is 0 Å². The summed E-state index contributed by atoms with van der Waals surface area (Å²) in [6.07, 6.45) is 1.48. The van der Waals surface area contributed by atoms with Crippen molar-refractivity contribution in [2.45, 2.75) is 16.3 Å². The molecule has 1 N–H and O–H groups in total. The number of amides is 1. The molecule has 8 nitrogen and oxygen atoms in total. The van der Waals surface area contributed by atoms with Crippen LogP contribution in [0, 0.1) is 10.1 Å². The number of esters is 1. The molecule has 0 unspecified atom stereocenters. The number of carbonyl (C=O) groups is 2. The Bertz CT molecular complexity index is 1050. The summed E-state index contributed by atoms with van der Waals surface area (Å²) in [5.41, 5.74) is -0.271. The number of nitro benzene ring substituents is 1. The van der Waals surface area contributed by atoms with Gasteiger partial charge in [0.15, 0.2) is 6.61 Å². The van der Waals surface area contributed by atoms with Crippen LogP contribution in [0.3, 0.4) is 0 Å². The lowest BCUT2D eigenvalue weighted by Gasteiger charge is -2.10. The van der Waals surface area contributed by atoms with Gasteiger partial charge in [0.05, 0.1) is 23.3 Å². The summed E-state index contributed by atoms with van der Waals surface area (Å²) in [5, 5.41) is 14.2. The lowest BCUT2D eigenvalue weighted by atomic mass is 10.2. The molecule has 0 aliphatic carbocycles. The maximum absolute atomic E-state index is 12.5. The first-order valence-electron chi connectivity index (χ1n) is 8.60. The molecule has 0 aliphatic heterocycles. The molecule has 3 rings (SSSR count). The number of nitrogens with one attached hydrogen (secondary N) is 1.